The van der Waals surface area contributed by atoms with E-state index in [9.17, 15) is 0 Å². The molecule has 0 aromatic heterocycles. The highest BCUT2D eigenvalue weighted by atomic mass is 15.0. The normalized spacial score (nSPS) is 14.8. The molecule has 0 saturated carbocycles. The van der Waals surface area contributed by atoms with Crippen molar-refractivity contribution in [2.75, 3.05) is 52.4 Å². The first-order chi connectivity index (χ1) is 29.8. The topological polar surface area (TPSA) is 515 Å². The standard InChI is InChI=1S/C39H88N24/c1-3-6-24(8-5-16-56-32(40)41)26(10-18-58-34(44)45)28(12-20-60-36(48)49)30(14-22-62-38(52)53)31(15-23-63-39(54)55)29(13-21-61-37(50)51)27(11-19-59-35(46)47)25(7-4-2)9-17-57-33(42)43/h24-31H,3-23H2,1-2H3,(H4,40,41,56)(H4,42,43,57)(H4,44,45,58)(H4,46,47,59)(H4,48,49,60)(H4,50,51,61)(H4,52,53,62)(H4,54,55,63). The zero-order chi connectivity index (χ0) is 47.7. The van der Waals surface area contributed by atoms with Crippen molar-refractivity contribution in [2.45, 2.75) is 97.3 Å². The van der Waals surface area contributed by atoms with Crippen molar-refractivity contribution in [1.29, 1.82) is 0 Å². The van der Waals surface area contributed by atoms with Crippen molar-refractivity contribution < 1.29 is 0 Å². The number of aliphatic imine (C=N–C) groups is 8. The van der Waals surface area contributed by atoms with E-state index in [1.807, 2.05) is 0 Å². The van der Waals surface area contributed by atoms with Gasteiger partial charge in [-0.25, -0.2) is 0 Å². The second-order valence-electron chi connectivity index (χ2n) is 16.2. The Morgan fingerprint density at radius 3 is 0.714 bits per heavy atom. The fraction of sp³-hybridized carbons (Fsp3) is 0.795. The first kappa shape index (κ1) is 57.2. The Kier molecular flexibility index (Phi) is 30.6. The molecule has 8 atom stereocenters. The SMILES string of the molecule is CCCC(CCCN=C(N)N)C(CCN=C(N)N)C(CCN=C(N)N)C(CCN=C(N)N)C(CCN=C(N)N)C(CCN=C(N)N)C(CCN=C(N)N)C(CCC)CCN=C(N)N. The minimum Gasteiger partial charge on any atom is -0.370 e. The van der Waals surface area contributed by atoms with E-state index < -0.39 is 0 Å². The maximum absolute atomic E-state index is 5.98. The zero-order valence-electron chi connectivity index (χ0n) is 38.3. The van der Waals surface area contributed by atoms with Crippen LogP contribution in [-0.4, -0.2) is 100 Å². The fourth-order valence-electron chi connectivity index (χ4n) is 9.45. The Morgan fingerprint density at radius 1 is 0.254 bits per heavy atom. The van der Waals surface area contributed by atoms with Gasteiger partial charge in [0.1, 0.15) is 0 Å². The lowest BCUT2D eigenvalue weighted by molar-refractivity contribution is 0.0269. The highest BCUT2D eigenvalue weighted by Gasteiger charge is 2.43. The van der Waals surface area contributed by atoms with Crippen LogP contribution in [0.3, 0.4) is 0 Å². The summed E-state index contributed by atoms with van der Waals surface area (Å²) in [5, 5.41) is 0. The molecule has 0 aliphatic heterocycles. The van der Waals surface area contributed by atoms with Crippen LogP contribution in [0.5, 0.6) is 0 Å². The Hall–Kier alpha value is -5.84. The molecule has 0 rings (SSSR count). The summed E-state index contributed by atoms with van der Waals surface area (Å²) in [4.78, 5) is 35.7. The Balaban J connectivity index is 8.60. The lowest BCUT2D eigenvalue weighted by Gasteiger charge is -2.47. The largest absolute Gasteiger partial charge is 0.370 e. The van der Waals surface area contributed by atoms with Crippen LogP contribution in [0, 0.1) is 47.3 Å². The van der Waals surface area contributed by atoms with Crippen LogP contribution < -0.4 is 91.7 Å². The maximum atomic E-state index is 5.98. The maximum Gasteiger partial charge on any atom is 0.185 e. The van der Waals surface area contributed by atoms with Crippen LogP contribution in [0.1, 0.15) is 97.3 Å². The number of hydrogen-bond donors (Lipinski definition) is 16. The average molecular weight is 893 g/mol. The van der Waals surface area contributed by atoms with Crippen LogP contribution in [0.25, 0.3) is 0 Å². The molecule has 0 saturated heterocycles. The van der Waals surface area contributed by atoms with Crippen molar-refractivity contribution in [2.24, 2.45) is 179 Å². The van der Waals surface area contributed by atoms with E-state index in [0.29, 0.717) is 97.3 Å². The number of nitrogens with zero attached hydrogens (tertiary/aromatic N) is 8. The first-order valence-electron chi connectivity index (χ1n) is 22.3. The quantitative estimate of drug-likeness (QED) is 0.0172. The highest BCUT2D eigenvalue weighted by molar-refractivity contribution is 5.77. The molecule has 0 aromatic rings. The van der Waals surface area contributed by atoms with E-state index in [1.54, 1.807) is 0 Å². The molecule has 364 valence electrons. The van der Waals surface area contributed by atoms with Gasteiger partial charge in [-0.2, -0.15) is 0 Å². The number of guanidine groups is 8. The Morgan fingerprint density at radius 2 is 0.460 bits per heavy atom. The number of nitrogens with two attached hydrogens (primary N) is 16. The first-order valence-corrected chi connectivity index (χ1v) is 22.3. The summed E-state index contributed by atoms with van der Waals surface area (Å²) in [6.45, 7) is 7.45. The van der Waals surface area contributed by atoms with Crippen LogP contribution in [-0.2, 0) is 0 Å². The average Bonchev–Trinajstić information content (AvgIpc) is 3.17. The lowest BCUT2D eigenvalue weighted by atomic mass is 9.59. The van der Waals surface area contributed by atoms with Crippen molar-refractivity contribution in [3.63, 3.8) is 0 Å². The van der Waals surface area contributed by atoms with Crippen LogP contribution in [0.15, 0.2) is 39.9 Å². The van der Waals surface area contributed by atoms with Gasteiger partial charge in [-0.3, -0.25) is 39.9 Å². The monoisotopic (exact) mass is 893 g/mol. The molecule has 0 radical (unpaired) electrons. The van der Waals surface area contributed by atoms with Gasteiger partial charge < -0.3 is 91.7 Å². The van der Waals surface area contributed by atoms with Crippen molar-refractivity contribution >= 4 is 47.7 Å². The van der Waals surface area contributed by atoms with Gasteiger partial charge in [0, 0.05) is 52.4 Å². The fourth-order valence-corrected chi connectivity index (χ4v) is 9.45. The molecule has 0 aromatic carbocycles. The van der Waals surface area contributed by atoms with Gasteiger partial charge in [0.15, 0.2) is 47.7 Å². The van der Waals surface area contributed by atoms with Crippen molar-refractivity contribution in [3.05, 3.63) is 0 Å². The predicted molar refractivity (Wildman–Crippen MR) is 265 cm³/mol. The molecule has 0 fully saturated rings. The number of rotatable bonds is 36. The van der Waals surface area contributed by atoms with E-state index >= 15 is 0 Å². The molecule has 0 bridgehead atoms. The van der Waals surface area contributed by atoms with Gasteiger partial charge in [-0.05, 0) is 105 Å². The molecular formula is C39H88N24. The second kappa shape index (κ2) is 33.7. The van der Waals surface area contributed by atoms with Gasteiger partial charge in [0.25, 0.3) is 0 Å². The third-order valence-corrected chi connectivity index (χ3v) is 11.6. The molecule has 32 N–H and O–H groups in total. The second-order valence-corrected chi connectivity index (χ2v) is 16.2. The molecule has 0 heterocycles. The molecule has 63 heavy (non-hydrogen) atoms. The summed E-state index contributed by atoms with van der Waals surface area (Å²) in [7, 11) is 0. The van der Waals surface area contributed by atoms with Gasteiger partial charge in [0.05, 0.1) is 0 Å². The van der Waals surface area contributed by atoms with Gasteiger partial charge in [0.2, 0.25) is 0 Å². The van der Waals surface area contributed by atoms with E-state index in [2.05, 4.69) is 53.8 Å². The minimum absolute atomic E-state index is 0.00277. The summed E-state index contributed by atoms with van der Waals surface area (Å²) in [6, 6.07) is 0. The van der Waals surface area contributed by atoms with Gasteiger partial charge >= 0.3 is 0 Å². The molecule has 0 aliphatic carbocycles. The molecule has 24 heteroatoms. The smallest absolute Gasteiger partial charge is 0.185 e. The third-order valence-electron chi connectivity index (χ3n) is 11.6. The molecular weight excluding hydrogens is 805 g/mol. The minimum atomic E-state index is -0.0816. The molecule has 0 amide bonds. The Bertz CT molecular complexity index is 1460. The highest BCUT2D eigenvalue weighted by Crippen LogP contribution is 2.49. The summed E-state index contributed by atoms with van der Waals surface area (Å²) in [6.07, 6.45) is 9.67. The summed E-state index contributed by atoms with van der Waals surface area (Å²) < 4.78 is 0. The summed E-state index contributed by atoms with van der Waals surface area (Å²) >= 11 is 0. The lowest BCUT2D eigenvalue weighted by Crippen LogP contribution is -2.42. The molecule has 0 aliphatic rings. The van der Waals surface area contributed by atoms with Crippen LogP contribution in [0.4, 0.5) is 0 Å². The van der Waals surface area contributed by atoms with Gasteiger partial charge in [-0.1, -0.05) is 39.5 Å². The van der Waals surface area contributed by atoms with Crippen molar-refractivity contribution in [1.82, 2.24) is 0 Å². The summed E-state index contributed by atoms with van der Waals surface area (Å²) in [5.74, 6) is 0.223. The predicted octanol–water partition coefficient (Wildman–Crippen LogP) is -2.79. The number of hydrogen-bond acceptors (Lipinski definition) is 8. The molecule has 0 spiro atoms. The van der Waals surface area contributed by atoms with E-state index in [1.165, 1.54) is 0 Å². The Labute approximate surface area is 375 Å². The van der Waals surface area contributed by atoms with Crippen LogP contribution >= 0.6 is 0 Å². The van der Waals surface area contributed by atoms with Crippen LogP contribution in [0.2, 0.25) is 0 Å². The van der Waals surface area contributed by atoms with E-state index in [0.717, 1.165) is 38.5 Å². The molecule has 8 unspecified atom stereocenters. The van der Waals surface area contributed by atoms with E-state index in [-0.39, 0.29) is 95.0 Å². The van der Waals surface area contributed by atoms with Crippen molar-refractivity contribution in [3.8, 4) is 0 Å². The third kappa shape index (κ3) is 27.7. The van der Waals surface area contributed by atoms with Gasteiger partial charge in [-0.15, -0.1) is 0 Å². The summed E-state index contributed by atoms with van der Waals surface area (Å²) in [5.41, 5.74) is 94.5. The van der Waals surface area contributed by atoms with E-state index in [4.69, 9.17) is 91.7 Å². The zero-order valence-corrected chi connectivity index (χ0v) is 38.3. The molecule has 24 nitrogen and oxygen atoms in total.